The lowest BCUT2D eigenvalue weighted by molar-refractivity contribution is 0.0594. The smallest absolute Gasteiger partial charge is 0.289 e. The van der Waals surface area contributed by atoms with E-state index in [4.69, 9.17) is 32.4 Å². The average Bonchev–Trinajstić information content (AvgIpc) is 3.22. The molecular formula is C24H24Cl2N2O3. The van der Waals surface area contributed by atoms with Crippen LogP contribution in [0, 0.1) is 6.92 Å². The van der Waals surface area contributed by atoms with E-state index in [0.717, 1.165) is 30.2 Å². The van der Waals surface area contributed by atoms with Gasteiger partial charge in [-0.05, 0) is 48.4 Å². The minimum absolute atomic E-state index is 0.0948. The molecule has 4 rings (SSSR count). The Kier molecular flexibility index (Phi) is 6.86. The molecule has 0 N–H and O–H groups in total. The molecule has 0 radical (unpaired) electrons. The number of hydrogen-bond acceptors (Lipinski definition) is 4. The zero-order valence-electron chi connectivity index (χ0n) is 17.3. The summed E-state index contributed by atoms with van der Waals surface area (Å²) in [6.45, 7) is 5.90. The monoisotopic (exact) mass is 458 g/mol. The lowest BCUT2D eigenvalue weighted by Crippen LogP contribution is -2.48. The van der Waals surface area contributed by atoms with Gasteiger partial charge in [0.1, 0.15) is 18.1 Å². The number of furan rings is 1. The summed E-state index contributed by atoms with van der Waals surface area (Å²) in [6.07, 6.45) is 0. The van der Waals surface area contributed by atoms with Gasteiger partial charge in [0.15, 0.2) is 5.76 Å². The molecule has 0 bridgehead atoms. The molecule has 7 heteroatoms. The number of ether oxygens (including phenoxy) is 1. The topological polar surface area (TPSA) is 45.9 Å². The van der Waals surface area contributed by atoms with Crippen molar-refractivity contribution in [2.24, 2.45) is 0 Å². The van der Waals surface area contributed by atoms with E-state index >= 15 is 0 Å². The zero-order valence-corrected chi connectivity index (χ0v) is 18.8. The van der Waals surface area contributed by atoms with E-state index in [1.54, 1.807) is 18.2 Å². The molecule has 0 unspecified atom stereocenters. The molecule has 31 heavy (non-hydrogen) atoms. The third-order valence-corrected chi connectivity index (χ3v) is 5.88. The molecule has 0 spiro atoms. The van der Waals surface area contributed by atoms with Crippen LogP contribution in [0.1, 0.15) is 27.4 Å². The van der Waals surface area contributed by atoms with Gasteiger partial charge in [0.05, 0.1) is 5.02 Å². The Morgan fingerprint density at radius 1 is 1.03 bits per heavy atom. The molecule has 1 fully saturated rings. The van der Waals surface area contributed by atoms with Crippen molar-refractivity contribution in [3.8, 4) is 5.75 Å². The van der Waals surface area contributed by atoms with Crippen molar-refractivity contribution in [3.63, 3.8) is 0 Å². The van der Waals surface area contributed by atoms with Gasteiger partial charge in [-0.2, -0.15) is 0 Å². The fourth-order valence-corrected chi connectivity index (χ4v) is 4.16. The van der Waals surface area contributed by atoms with E-state index in [2.05, 4.69) is 11.0 Å². The number of rotatable bonds is 6. The molecule has 1 aliphatic rings. The van der Waals surface area contributed by atoms with Crippen LogP contribution in [0.5, 0.6) is 5.75 Å². The Morgan fingerprint density at radius 3 is 2.55 bits per heavy atom. The Balaban J connectivity index is 1.30. The lowest BCUT2D eigenvalue weighted by Gasteiger charge is -2.34. The maximum atomic E-state index is 12.8. The molecule has 0 saturated carbocycles. The van der Waals surface area contributed by atoms with Crippen LogP contribution in [0.25, 0.3) is 0 Å². The molecule has 1 saturated heterocycles. The van der Waals surface area contributed by atoms with Crippen LogP contribution in [0.4, 0.5) is 0 Å². The number of hydrogen-bond donors (Lipinski definition) is 0. The van der Waals surface area contributed by atoms with Gasteiger partial charge in [-0.3, -0.25) is 9.69 Å². The summed E-state index contributed by atoms with van der Waals surface area (Å²) >= 11 is 12.3. The first kappa shape index (κ1) is 21.8. The minimum atomic E-state index is -0.0948. The predicted molar refractivity (Wildman–Crippen MR) is 122 cm³/mol. The summed E-state index contributed by atoms with van der Waals surface area (Å²) in [5, 5.41) is 1.30. The molecule has 2 aromatic carbocycles. The normalized spacial score (nSPS) is 14.6. The van der Waals surface area contributed by atoms with Crippen LogP contribution in [0.15, 0.2) is 59.0 Å². The molecule has 162 valence electrons. The van der Waals surface area contributed by atoms with Gasteiger partial charge >= 0.3 is 0 Å². The molecule has 1 aromatic heterocycles. The van der Waals surface area contributed by atoms with E-state index in [9.17, 15) is 4.79 Å². The summed E-state index contributed by atoms with van der Waals surface area (Å²) in [6, 6.07) is 17.0. The van der Waals surface area contributed by atoms with Gasteiger partial charge in [-0.25, -0.2) is 0 Å². The van der Waals surface area contributed by atoms with Gasteiger partial charge in [-0.15, -0.1) is 0 Å². The fourth-order valence-electron chi connectivity index (χ4n) is 3.67. The van der Waals surface area contributed by atoms with Gasteiger partial charge in [-0.1, -0.05) is 47.5 Å². The highest BCUT2D eigenvalue weighted by atomic mass is 35.5. The predicted octanol–water partition coefficient (Wildman–Crippen LogP) is 5.43. The molecule has 3 aromatic rings. The second-order valence-electron chi connectivity index (χ2n) is 7.64. The summed E-state index contributed by atoms with van der Waals surface area (Å²) in [7, 11) is 0. The van der Waals surface area contributed by atoms with Crippen molar-refractivity contribution < 1.29 is 13.9 Å². The SMILES string of the molecule is Cc1cccc(Cl)c1OCc1ccc(C(=O)N2CCN(Cc3cccc(Cl)c3)CC2)o1. The number of benzene rings is 2. The number of carbonyl (C=O) groups excluding carboxylic acids is 1. The fraction of sp³-hybridized carbons (Fsp3) is 0.292. The molecule has 0 aliphatic carbocycles. The van der Waals surface area contributed by atoms with Crippen LogP contribution in [0.3, 0.4) is 0 Å². The van der Waals surface area contributed by atoms with E-state index in [1.807, 2.05) is 42.2 Å². The third-order valence-electron chi connectivity index (χ3n) is 5.35. The Hall–Kier alpha value is -2.47. The third kappa shape index (κ3) is 5.42. The van der Waals surface area contributed by atoms with Gasteiger partial charge < -0.3 is 14.1 Å². The number of amides is 1. The molecule has 1 aliphatic heterocycles. The summed E-state index contributed by atoms with van der Waals surface area (Å²) < 4.78 is 11.6. The molecule has 1 amide bonds. The first-order valence-corrected chi connectivity index (χ1v) is 11.0. The lowest BCUT2D eigenvalue weighted by atomic mass is 10.2. The van der Waals surface area contributed by atoms with E-state index in [-0.39, 0.29) is 12.5 Å². The minimum Gasteiger partial charge on any atom is -0.484 e. The van der Waals surface area contributed by atoms with Crippen molar-refractivity contribution in [2.45, 2.75) is 20.1 Å². The maximum Gasteiger partial charge on any atom is 0.289 e. The number of aryl methyl sites for hydroxylation is 1. The highest BCUT2D eigenvalue weighted by molar-refractivity contribution is 6.32. The largest absolute Gasteiger partial charge is 0.484 e. The highest BCUT2D eigenvalue weighted by Gasteiger charge is 2.24. The number of carbonyl (C=O) groups is 1. The number of halogens is 2. The Morgan fingerprint density at radius 2 is 1.81 bits per heavy atom. The Bertz CT molecular complexity index is 1040. The standard InChI is InChI=1S/C24H24Cl2N2O3/c1-17-4-2-7-21(26)23(17)30-16-20-8-9-22(31-20)24(29)28-12-10-27(11-13-28)15-18-5-3-6-19(25)14-18/h2-9,14H,10-13,15-16H2,1H3. The maximum absolute atomic E-state index is 12.8. The molecular weight excluding hydrogens is 435 g/mol. The molecule has 0 atom stereocenters. The van der Waals surface area contributed by atoms with E-state index in [0.29, 0.717) is 35.4 Å². The van der Waals surface area contributed by atoms with Crippen LogP contribution in [-0.2, 0) is 13.2 Å². The van der Waals surface area contributed by atoms with Crippen molar-refractivity contribution in [1.82, 2.24) is 9.80 Å². The molecule has 2 heterocycles. The average molecular weight is 459 g/mol. The van der Waals surface area contributed by atoms with Crippen molar-refractivity contribution in [3.05, 3.63) is 87.3 Å². The zero-order chi connectivity index (χ0) is 21.8. The number of piperazine rings is 1. The Labute approximate surface area is 192 Å². The first-order chi connectivity index (χ1) is 15.0. The second kappa shape index (κ2) is 9.77. The van der Waals surface area contributed by atoms with E-state index < -0.39 is 0 Å². The van der Waals surface area contributed by atoms with Crippen LogP contribution in [-0.4, -0.2) is 41.9 Å². The summed E-state index contributed by atoms with van der Waals surface area (Å²) in [4.78, 5) is 17.0. The van der Waals surface area contributed by atoms with E-state index in [1.165, 1.54) is 5.56 Å². The number of nitrogens with zero attached hydrogens (tertiary/aromatic N) is 2. The highest BCUT2D eigenvalue weighted by Crippen LogP contribution is 2.29. The van der Waals surface area contributed by atoms with Crippen LogP contribution < -0.4 is 4.74 Å². The second-order valence-corrected chi connectivity index (χ2v) is 8.48. The summed E-state index contributed by atoms with van der Waals surface area (Å²) in [5.74, 6) is 1.45. The van der Waals surface area contributed by atoms with Gasteiger partial charge in [0.2, 0.25) is 0 Å². The van der Waals surface area contributed by atoms with Crippen molar-refractivity contribution >= 4 is 29.1 Å². The van der Waals surface area contributed by atoms with Crippen LogP contribution in [0.2, 0.25) is 10.0 Å². The number of para-hydroxylation sites is 1. The summed E-state index contributed by atoms with van der Waals surface area (Å²) in [5.41, 5.74) is 2.13. The van der Waals surface area contributed by atoms with Crippen LogP contribution >= 0.6 is 23.2 Å². The first-order valence-electron chi connectivity index (χ1n) is 10.2. The van der Waals surface area contributed by atoms with Gasteiger partial charge in [0.25, 0.3) is 5.91 Å². The van der Waals surface area contributed by atoms with Crippen molar-refractivity contribution in [1.29, 1.82) is 0 Å². The quantitative estimate of drug-likeness (QED) is 0.493. The molecule has 5 nitrogen and oxygen atoms in total. The van der Waals surface area contributed by atoms with Gasteiger partial charge in [0, 0.05) is 37.7 Å². The van der Waals surface area contributed by atoms with Crippen molar-refractivity contribution in [2.75, 3.05) is 26.2 Å².